The number of anilines is 1. The molecule has 1 aromatic heterocycles. The smallest absolute Gasteiger partial charge is 0.161 e. The summed E-state index contributed by atoms with van der Waals surface area (Å²) >= 11 is 0. The van der Waals surface area contributed by atoms with Gasteiger partial charge in [-0.15, -0.1) is 0 Å². The van der Waals surface area contributed by atoms with E-state index in [0.29, 0.717) is 12.6 Å². The molecule has 1 N–H and O–H groups in total. The SMILES string of the molecule is Fc1cc(F)c(NCc2cccc3cnccc23)cc1F. The van der Waals surface area contributed by atoms with Crippen molar-refractivity contribution >= 4 is 16.5 Å². The van der Waals surface area contributed by atoms with Gasteiger partial charge in [0.2, 0.25) is 0 Å². The van der Waals surface area contributed by atoms with Crippen LogP contribution in [-0.2, 0) is 6.54 Å². The Labute approximate surface area is 119 Å². The average Bonchev–Trinajstić information content (AvgIpc) is 2.49. The number of hydrogen-bond acceptors (Lipinski definition) is 2. The van der Waals surface area contributed by atoms with E-state index in [4.69, 9.17) is 0 Å². The van der Waals surface area contributed by atoms with E-state index in [1.807, 2.05) is 24.3 Å². The Kier molecular flexibility index (Phi) is 3.48. The molecule has 0 saturated carbocycles. The van der Waals surface area contributed by atoms with Crippen LogP contribution < -0.4 is 5.32 Å². The van der Waals surface area contributed by atoms with Crippen molar-refractivity contribution in [3.63, 3.8) is 0 Å². The predicted molar refractivity (Wildman–Crippen MR) is 75.4 cm³/mol. The van der Waals surface area contributed by atoms with Gasteiger partial charge in [-0.1, -0.05) is 18.2 Å². The van der Waals surface area contributed by atoms with E-state index >= 15 is 0 Å². The van der Waals surface area contributed by atoms with Crippen LogP contribution in [-0.4, -0.2) is 4.98 Å². The zero-order valence-electron chi connectivity index (χ0n) is 10.9. The molecule has 0 fully saturated rings. The Morgan fingerprint density at radius 2 is 1.76 bits per heavy atom. The number of halogens is 3. The Balaban J connectivity index is 1.89. The molecular formula is C16H11F3N2. The van der Waals surface area contributed by atoms with Crippen LogP contribution in [0.15, 0.2) is 48.8 Å². The topological polar surface area (TPSA) is 24.9 Å². The summed E-state index contributed by atoms with van der Waals surface area (Å²) in [5.41, 5.74) is 0.846. The van der Waals surface area contributed by atoms with Gasteiger partial charge < -0.3 is 5.32 Å². The quantitative estimate of drug-likeness (QED) is 0.728. The molecule has 0 aliphatic heterocycles. The van der Waals surface area contributed by atoms with Gasteiger partial charge in [-0.05, 0) is 17.0 Å². The van der Waals surface area contributed by atoms with E-state index in [0.717, 1.165) is 22.4 Å². The number of nitrogens with zero attached hydrogens (tertiary/aromatic N) is 1. The second-order valence-corrected chi connectivity index (χ2v) is 4.61. The maximum Gasteiger partial charge on any atom is 0.161 e. The number of rotatable bonds is 3. The van der Waals surface area contributed by atoms with Crippen molar-refractivity contribution in [3.8, 4) is 0 Å². The lowest BCUT2D eigenvalue weighted by Gasteiger charge is -2.10. The van der Waals surface area contributed by atoms with Crippen LogP contribution in [0.3, 0.4) is 0 Å². The lowest BCUT2D eigenvalue weighted by atomic mass is 10.1. The summed E-state index contributed by atoms with van der Waals surface area (Å²) < 4.78 is 39.6. The Morgan fingerprint density at radius 3 is 2.62 bits per heavy atom. The van der Waals surface area contributed by atoms with Crippen LogP contribution in [0, 0.1) is 17.5 Å². The van der Waals surface area contributed by atoms with E-state index in [9.17, 15) is 13.2 Å². The molecule has 0 radical (unpaired) electrons. The Hall–Kier alpha value is -2.56. The molecule has 5 heteroatoms. The van der Waals surface area contributed by atoms with Gasteiger partial charge in [0.25, 0.3) is 0 Å². The van der Waals surface area contributed by atoms with E-state index < -0.39 is 17.5 Å². The van der Waals surface area contributed by atoms with Crippen molar-refractivity contribution < 1.29 is 13.2 Å². The van der Waals surface area contributed by atoms with Crippen LogP contribution in [0.5, 0.6) is 0 Å². The minimum absolute atomic E-state index is 0.0695. The first-order valence-electron chi connectivity index (χ1n) is 6.35. The van der Waals surface area contributed by atoms with Crippen molar-refractivity contribution in [2.75, 3.05) is 5.32 Å². The second kappa shape index (κ2) is 5.44. The minimum atomic E-state index is -1.20. The van der Waals surface area contributed by atoms with E-state index in [1.165, 1.54) is 0 Å². The molecule has 0 bridgehead atoms. The normalized spacial score (nSPS) is 10.8. The molecule has 0 unspecified atom stereocenters. The van der Waals surface area contributed by atoms with Gasteiger partial charge in [0.15, 0.2) is 11.6 Å². The third-order valence-corrected chi connectivity index (χ3v) is 3.25. The molecule has 0 aliphatic rings. The summed E-state index contributed by atoms with van der Waals surface area (Å²) in [6.07, 6.45) is 3.40. The summed E-state index contributed by atoms with van der Waals surface area (Å²) in [6.45, 7) is 0.295. The highest BCUT2D eigenvalue weighted by atomic mass is 19.2. The number of aromatic nitrogens is 1. The minimum Gasteiger partial charge on any atom is -0.378 e. The number of fused-ring (bicyclic) bond motifs is 1. The zero-order valence-corrected chi connectivity index (χ0v) is 10.9. The van der Waals surface area contributed by atoms with Gasteiger partial charge in [0.1, 0.15) is 5.82 Å². The first-order chi connectivity index (χ1) is 10.1. The monoisotopic (exact) mass is 288 g/mol. The predicted octanol–water partition coefficient (Wildman–Crippen LogP) is 4.26. The molecule has 106 valence electrons. The number of nitrogens with one attached hydrogen (secondary N) is 1. The molecule has 3 rings (SSSR count). The molecular weight excluding hydrogens is 277 g/mol. The first kappa shape index (κ1) is 13.4. The fraction of sp³-hybridized carbons (Fsp3) is 0.0625. The maximum absolute atomic E-state index is 13.6. The van der Waals surface area contributed by atoms with E-state index in [1.54, 1.807) is 12.4 Å². The highest BCUT2D eigenvalue weighted by molar-refractivity contribution is 5.84. The molecule has 0 atom stereocenters. The molecule has 0 amide bonds. The van der Waals surface area contributed by atoms with Crippen LogP contribution in [0.2, 0.25) is 0 Å². The van der Waals surface area contributed by atoms with Crippen molar-refractivity contribution in [1.29, 1.82) is 0 Å². The maximum atomic E-state index is 13.6. The molecule has 1 heterocycles. The van der Waals surface area contributed by atoms with Gasteiger partial charge >= 0.3 is 0 Å². The molecule has 0 spiro atoms. The highest BCUT2D eigenvalue weighted by Crippen LogP contribution is 2.22. The molecule has 2 nitrogen and oxygen atoms in total. The molecule has 3 aromatic rings. The number of hydrogen-bond donors (Lipinski definition) is 1. The average molecular weight is 288 g/mol. The van der Waals surface area contributed by atoms with Gasteiger partial charge in [-0.3, -0.25) is 4.98 Å². The van der Waals surface area contributed by atoms with Crippen LogP contribution >= 0.6 is 0 Å². The van der Waals surface area contributed by atoms with Gasteiger partial charge in [-0.2, -0.15) is 0 Å². The molecule has 0 aliphatic carbocycles. The van der Waals surface area contributed by atoms with Crippen LogP contribution in [0.1, 0.15) is 5.56 Å². The summed E-state index contributed by atoms with van der Waals surface area (Å²) in [7, 11) is 0. The standard InChI is InChI=1S/C16H11F3N2/c17-13-6-15(19)16(7-14(13)18)21-9-11-3-1-2-10-8-20-5-4-12(10)11/h1-8,21H,9H2. The summed E-state index contributed by atoms with van der Waals surface area (Å²) in [6, 6.07) is 8.87. The third-order valence-electron chi connectivity index (χ3n) is 3.25. The number of pyridine rings is 1. The molecule has 0 saturated heterocycles. The van der Waals surface area contributed by atoms with Crippen molar-refractivity contribution in [1.82, 2.24) is 4.98 Å². The van der Waals surface area contributed by atoms with Gasteiger partial charge in [0, 0.05) is 36.5 Å². The molecule has 2 aromatic carbocycles. The van der Waals surface area contributed by atoms with Crippen molar-refractivity contribution in [3.05, 3.63) is 71.8 Å². The van der Waals surface area contributed by atoms with Gasteiger partial charge in [0.05, 0.1) is 5.69 Å². The summed E-state index contributed by atoms with van der Waals surface area (Å²) in [5.74, 6) is -3.11. The fourth-order valence-electron chi connectivity index (χ4n) is 2.19. The largest absolute Gasteiger partial charge is 0.378 e. The second-order valence-electron chi connectivity index (χ2n) is 4.61. The fourth-order valence-corrected chi connectivity index (χ4v) is 2.19. The molecule has 21 heavy (non-hydrogen) atoms. The summed E-state index contributed by atoms with van der Waals surface area (Å²) in [4.78, 5) is 4.04. The van der Waals surface area contributed by atoms with Crippen molar-refractivity contribution in [2.45, 2.75) is 6.54 Å². The van der Waals surface area contributed by atoms with Crippen LogP contribution in [0.4, 0.5) is 18.9 Å². The van der Waals surface area contributed by atoms with Crippen molar-refractivity contribution in [2.24, 2.45) is 0 Å². The lowest BCUT2D eigenvalue weighted by Crippen LogP contribution is -2.03. The summed E-state index contributed by atoms with van der Waals surface area (Å²) in [5, 5.41) is 4.72. The number of benzene rings is 2. The first-order valence-corrected chi connectivity index (χ1v) is 6.35. The lowest BCUT2D eigenvalue weighted by molar-refractivity contribution is 0.496. The highest BCUT2D eigenvalue weighted by Gasteiger charge is 2.10. The third kappa shape index (κ3) is 2.67. The van der Waals surface area contributed by atoms with Crippen LogP contribution in [0.25, 0.3) is 10.8 Å². The van der Waals surface area contributed by atoms with Gasteiger partial charge in [-0.25, -0.2) is 13.2 Å². The van der Waals surface area contributed by atoms with E-state index in [2.05, 4.69) is 10.3 Å². The Bertz CT molecular complexity index is 797. The van der Waals surface area contributed by atoms with E-state index in [-0.39, 0.29) is 5.69 Å². The Morgan fingerprint density at radius 1 is 0.952 bits per heavy atom. The zero-order chi connectivity index (χ0) is 14.8.